The Morgan fingerprint density at radius 3 is 2.55 bits per heavy atom. The molecular formula is C20H26O2. The number of carbonyl (C=O) groups is 2. The number of rotatable bonds is 0. The molecule has 0 aliphatic heterocycles. The van der Waals surface area contributed by atoms with Crippen LogP contribution in [-0.4, -0.2) is 11.6 Å². The van der Waals surface area contributed by atoms with E-state index in [1.54, 1.807) is 0 Å². The van der Waals surface area contributed by atoms with Crippen LogP contribution < -0.4 is 0 Å². The molecule has 4 aliphatic rings. The van der Waals surface area contributed by atoms with Crippen LogP contribution in [-0.2, 0) is 9.59 Å². The Hall–Kier alpha value is -1.18. The minimum Gasteiger partial charge on any atom is -0.299 e. The molecule has 0 heterocycles. The van der Waals surface area contributed by atoms with Gasteiger partial charge >= 0.3 is 0 Å². The number of Topliss-reactive ketones (excluding diaryl/α,β-unsaturated/α-hetero) is 1. The van der Waals surface area contributed by atoms with Gasteiger partial charge in [-0.1, -0.05) is 25.0 Å². The van der Waals surface area contributed by atoms with Crippen LogP contribution in [0.3, 0.4) is 0 Å². The summed E-state index contributed by atoms with van der Waals surface area (Å²) in [6, 6.07) is 0. The van der Waals surface area contributed by atoms with Crippen molar-refractivity contribution < 1.29 is 9.59 Å². The summed E-state index contributed by atoms with van der Waals surface area (Å²) in [5, 5.41) is 0. The van der Waals surface area contributed by atoms with Gasteiger partial charge in [-0.3, -0.25) is 9.59 Å². The molecule has 0 aromatic rings. The summed E-state index contributed by atoms with van der Waals surface area (Å²) in [5.74, 6) is 2.51. The second-order valence-electron chi connectivity index (χ2n) is 8.44. The minimum absolute atomic E-state index is 0.0547. The SMILES string of the molecule is CC1=CC(=O)C=C2CC[C@@H]3[C@H](CC[C@]4(C)C(=O)CC[C@@H]34)[C@@]12C. The highest BCUT2D eigenvalue weighted by atomic mass is 16.1. The van der Waals surface area contributed by atoms with E-state index >= 15 is 0 Å². The van der Waals surface area contributed by atoms with E-state index in [0.717, 1.165) is 32.1 Å². The second kappa shape index (κ2) is 4.43. The van der Waals surface area contributed by atoms with Gasteiger partial charge in [0, 0.05) is 17.3 Å². The lowest BCUT2D eigenvalue weighted by atomic mass is 9.47. The standard InChI is InChI=1S/C20H26O2/c1-12-10-14(21)11-13-4-5-15-16-6-7-18(22)19(16,2)9-8-17(15)20(12,13)3/h10-11,15-17H,4-9H2,1-3H3/t15-,16-,17-,19-,20-/m0/s1. The van der Waals surface area contributed by atoms with Crippen molar-refractivity contribution >= 4 is 11.6 Å². The van der Waals surface area contributed by atoms with Crippen LogP contribution in [0.15, 0.2) is 23.3 Å². The van der Waals surface area contributed by atoms with E-state index in [1.807, 2.05) is 12.2 Å². The minimum atomic E-state index is -0.0547. The lowest BCUT2D eigenvalue weighted by molar-refractivity contribution is -0.131. The third-order valence-corrected chi connectivity index (χ3v) is 7.80. The fourth-order valence-corrected chi connectivity index (χ4v) is 6.34. The highest BCUT2D eigenvalue weighted by Crippen LogP contribution is 2.64. The van der Waals surface area contributed by atoms with Crippen molar-refractivity contribution in [2.75, 3.05) is 0 Å². The van der Waals surface area contributed by atoms with Crippen LogP contribution in [0.2, 0.25) is 0 Å². The van der Waals surface area contributed by atoms with Crippen molar-refractivity contribution in [1.82, 2.24) is 0 Å². The Kier molecular flexibility index (Phi) is 2.90. The number of fused-ring (bicyclic) bond motifs is 5. The summed E-state index contributed by atoms with van der Waals surface area (Å²) < 4.78 is 0. The number of carbonyl (C=O) groups excluding carboxylic acids is 2. The van der Waals surface area contributed by atoms with Gasteiger partial charge in [-0.25, -0.2) is 0 Å². The Morgan fingerprint density at radius 2 is 1.77 bits per heavy atom. The maximum Gasteiger partial charge on any atom is 0.178 e. The number of ketones is 2. The molecule has 0 saturated heterocycles. The summed E-state index contributed by atoms with van der Waals surface area (Å²) in [5.41, 5.74) is 2.61. The maximum atomic E-state index is 12.4. The zero-order chi connectivity index (χ0) is 15.7. The number of allylic oxidation sites excluding steroid dienone is 4. The van der Waals surface area contributed by atoms with Gasteiger partial charge in [-0.2, -0.15) is 0 Å². The molecule has 0 spiro atoms. The van der Waals surface area contributed by atoms with Crippen LogP contribution in [0.1, 0.15) is 59.3 Å². The molecule has 0 bridgehead atoms. The molecule has 118 valence electrons. The van der Waals surface area contributed by atoms with E-state index in [2.05, 4.69) is 20.8 Å². The van der Waals surface area contributed by atoms with E-state index < -0.39 is 0 Å². The fourth-order valence-electron chi connectivity index (χ4n) is 6.34. The molecule has 0 unspecified atom stereocenters. The highest BCUT2D eigenvalue weighted by molar-refractivity contribution is 6.02. The molecule has 3 fully saturated rings. The first-order valence-electron chi connectivity index (χ1n) is 8.84. The summed E-state index contributed by atoms with van der Waals surface area (Å²) >= 11 is 0. The van der Waals surface area contributed by atoms with Gasteiger partial charge in [0.2, 0.25) is 0 Å². The van der Waals surface area contributed by atoms with Crippen LogP contribution in [0, 0.1) is 28.6 Å². The summed E-state index contributed by atoms with van der Waals surface area (Å²) in [6.07, 6.45) is 10.0. The molecule has 5 atom stereocenters. The van der Waals surface area contributed by atoms with Crippen molar-refractivity contribution in [2.24, 2.45) is 28.6 Å². The van der Waals surface area contributed by atoms with Gasteiger partial charge in [-0.05, 0) is 68.9 Å². The van der Waals surface area contributed by atoms with Crippen molar-refractivity contribution in [3.8, 4) is 0 Å². The Balaban J connectivity index is 1.75. The van der Waals surface area contributed by atoms with E-state index in [9.17, 15) is 9.59 Å². The zero-order valence-corrected chi connectivity index (χ0v) is 13.9. The van der Waals surface area contributed by atoms with E-state index in [1.165, 1.54) is 17.6 Å². The Labute approximate surface area is 133 Å². The van der Waals surface area contributed by atoms with Gasteiger partial charge in [0.15, 0.2) is 5.78 Å². The number of hydrogen-bond acceptors (Lipinski definition) is 2. The smallest absolute Gasteiger partial charge is 0.178 e. The van der Waals surface area contributed by atoms with Crippen molar-refractivity contribution in [3.05, 3.63) is 23.3 Å². The van der Waals surface area contributed by atoms with Crippen LogP contribution in [0.4, 0.5) is 0 Å². The lowest BCUT2D eigenvalue weighted by Gasteiger charge is -2.57. The van der Waals surface area contributed by atoms with Gasteiger partial charge in [0.1, 0.15) is 5.78 Å². The fraction of sp³-hybridized carbons (Fsp3) is 0.700. The first-order chi connectivity index (χ1) is 10.4. The largest absolute Gasteiger partial charge is 0.299 e. The van der Waals surface area contributed by atoms with Crippen LogP contribution in [0.25, 0.3) is 0 Å². The topological polar surface area (TPSA) is 34.1 Å². The Morgan fingerprint density at radius 1 is 1.00 bits per heavy atom. The van der Waals surface area contributed by atoms with Crippen molar-refractivity contribution in [3.63, 3.8) is 0 Å². The van der Waals surface area contributed by atoms with E-state index in [-0.39, 0.29) is 16.6 Å². The zero-order valence-electron chi connectivity index (χ0n) is 13.9. The molecular weight excluding hydrogens is 272 g/mol. The van der Waals surface area contributed by atoms with Gasteiger partial charge in [0.25, 0.3) is 0 Å². The molecule has 4 aliphatic carbocycles. The van der Waals surface area contributed by atoms with Gasteiger partial charge < -0.3 is 0 Å². The maximum absolute atomic E-state index is 12.4. The average Bonchev–Trinajstić information content (AvgIpc) is 2.77. The van der Waals surface area contributed by atoms with Crippen molar-refractivity contribution in [2.45, 2.75) is 59.3 Å². The van der Waals surface area contributed by atoms with Gasteiger partial charge in [-0.15, -0.1) is 0 Å². The predicted octanol–water partition coefficient (Wildman–Crippen LogP) is 4.25. The van der Waals surface area contributed by atoms with Crippen LogP contribution in [0.5, 0.6) is 0 Å². The molecule has 0 amide bonds. The molecule has 22 heavy (non-hydrogen) atoms. The summed E-state index contributed by atoms with van der Waals surface area (Å²) in [6.45, 7) is 6.72. The molecule has 0 aromatic carbocycles. The third-order valence-electron chi connectivity index (χ3n) is 7.80. The monoisotopic (exact) mass is 298 g/mol. The second-order valence-corrected chi connectivity index (χ2v) is 8.44. The van der Waals surface area contributed by atoms with E-state index in [4.69, 9.17) is 0 Å². The normalized spacial score (nSPS) is 47.3. The molecule has 2 heteroatoms. The summed E-state index contributed by atoms with van der Waals surface area (Å²) in [7, 11) is 0. The molecule has 0 aromatic heterocycles. The molecule has 0 N–H and O–H groups in total. The third kappa shape index (κ3) is 1.62. The average molecular weight is 298 g/mol. The molecule has 2 nitrogen and oxygen atoms in total. The number of hydrogen-bond donors (Lipinski definition) is 0. The van der Waals surface area contributed by atoms with E-state index in [0.29, 0.717) is 23.5 Å². The Bertz CT molecular complexity index is 626. The van der Waals surface area contributed by atoms with Gasteiger partial charge in [0.05, 0.1) is 0 Å². The lowest BCUT2D eigenvalue weighted by Crippen LogP contribution is -2.50. The highest BCUT2D eigenvalue weighted by Gasteiger charge is 2.59. The first kappa shape index (κ1) is 14.4. The quantitative estimate of drug-likeness (QED) is 0.670. The molecule has 0 radical (unpaired) electrons. The van der Waals surface area contributed by atoms with Crippen LogP contribution >= 0.6 is 0 Å². The first-order valence-corrected chi connectivity index (χ1v) is 8.84. The predicted molar refractivity (Wildman–Crippen MR) is 86.2 cm³/mol. The van der Waals surface area contributed by atoms with Crippen molar-refractivity contribution in [1.29, 1.82) is 0 Å². The summed E-state index contributed by atoms with van der Waals surface area (Å²) in [4.78, 5) is 24.3. The molecule has 3 saturated carbocycles. The molecule has 4 rings (SSSR count).